The summed E-state index contributed by atoms with van der Waals surface area (Å²) in [7, 11) is 0. The van der Waals surface area contributed by atoms with E-state index in [2.05, 4.69) is 20.4 Å². The summed E-state index contributed by atoms with van der Waals surface area (Å²) in [6.45, 7) is 7.46. The number of rotatable bonds is 4. The van der Waals surface area contributed by atoms with Crippen LogP contribution in [0.5, 0.6) is 11.6 Å². The van der Waals surface area contributed by atoms with Gasteiger partial charge in [-0.15, -0.1) is 0 Å². The molecule has 7 nitrogen and oxygen atoms in total. The molecule has 2 heterocycles. The van der Waals surface area contributed by atoms with E-state index in [4.69, 9.17) is 4.74 Å². The van der Waals surface area contributed by atoms with Gasteiger partial charge in [-0.25, -0.2) is 14.6 Å². The molecule has 1 amide bonds. The van der Waals surface area contributed by atoms with Crippen LogP contribution in [0.1, 0.15) is 23.9 Å². The SMILES string of the molecule is CC(=O)Nc1ccc(Oc2cc(-n3nc(C)c(C)c3C)ncn2)cc1. The Morgan fingerprint density at radius 1 is 1.12 bits per heavy atom. The molecule has 0 atom stereocenters. The van der Waals surface area contributed by atoms with E-state index >= 15 is 0 Å². The molecule has 0 aliphatic carbocycles. The molecule has 0 saturated heterocycles. The van der Waals surface area contributed by atoms with Gasteiger partial charge in [-0.1, -0.05) is 0 Å². The minimum absolute atomic E-state index is 0.116. The van der Waals surface area contributed by atoms with E-state index in [1.807, 2.05) is 20.8 Å². The number of benzene rings is 1. The van der Waals surface area contributed by atoms with Gasteiger partial charge in [0, 0.05) is 24.4 Å². The summed E-state index contributed by atoms with van der Waals surface area (Å²) in [5.41, 5.74) is 3.84. The van der Waals surface area contributed by atoms with Crippen molar-refractivity contribution in [3.63, 3.8) is 0 Å². The van der Waals surface area contributed by atoms with E-state index in [9.17, 15) is 4.79 Å². The second kappa shape index (κ2) is 6.72. The zero-order chi connectivity index (χ0) is 18.0. The average molecular weight is 337 g/mol. The maximum Gasteiger partial charge on any atom is 0.224 e. The number of anilines is 1. The fraction of sp³-hybridized carbons (Fsp3) is 0.222. The molecule has 3 rings (SSSR count). The zero-order valence-corrected chi connectivity index (χ0v) is 14.6. The molecule has 25 heavy (non-hydrogen) atoms. The van der Waals surface area contributed by atoms with Gasteiger partial charge < -0.3 is 10.1 Å². The lowest BCUT2D eigenvalue weighted by Crippen LogP contribution is -2.05. The third-order valence-electron chi connectivity index (χ3n) is 3.89. The minimum atomic E-state index is -0.116. The number of carbonyl (C=O) groups excluding carboxylic acids is 1. The van der Waals surface area contributed by atoms with Crippen LogP contribution in [0, 0.1) is 20.8 Å². The summed E-state index contributed by atoms with van der Waals surface area (Å²) < 4.78 is 7.55. The van der Waals surface area contributed by atoms with Gasteiger partial charge in [0.15, 0.2) is 5.82 Å². The Kier molecular flexibility index (Phi) is 4.47. The van der Waals surface area contributed by atoms with Crippen LogP contribution < -0.4 is 10.1 Å². The molecule has 0 bridgehead atoms. The summed E-state index contributed by atoms with van der Waals surface area (Å²) in [5, 5.41) is 7.21. The Bertz CT molecular complexity index is 916. The van der Waals surface area contributed by atoms with Gasteiger partial charge in [-0.3, -0.25) is 4.79 Å². The molecule has 0 fully saturated rings. The Morgan fingerprint density at radius 3 is 2.44 bits per heavy atom. The van der Waals surface area contributed by atoms with Crippen molar-refractivity contribution >= 4 is 11.6 Å². The molecule has 7 heteroatoms. The van der Waals surface area contributed by atoms with E-state index in [1.54, 1.807) is 35.0 Å². The van der Waals surface area contributed by atoms with E-state index < -0.39 is 0 Å². The number of aryl methyl sites for hydroxylation is 1. The fourth-order valence-corrected chi connectivity index (χ4v) is 2.38. The Labute approximate surface area is 145 Å². The number of aromatic nitrogens is 4. The first kappa shape index (κ1) is 16.6. The molecule has 0 aliphatic heterocycles. The van der Waals surface area contributed by atoms with Crippen molar-refractivity contribution in [2.75, 3.05) is 5.32 Å². The molecule has 0 radical (unpaired) electrons. The van der Waals surface area contributed by atoms with Crippen molar-refractivity contribution in [2.45, 2.75) is 27.7 Å². The quantitative estimate of drug-likeness (QED) is 0.789. The number of amides is 1. The Balaban J connectivity index is 1.82. The van der Waals surface area contributed by atoms with Gasteiger partial charge >= 0.3 is 0 Å². The minimum Gasteiger partial charge on any atom is -0.439 e. The predicted octanol–water partition coefficient (Wildman–Crippen LogP) is 3.34. The first-order chi connectivity index (χ1) is 11.9. The molecule has 0 saturated carbocycles. The number of hydrogen-bond acceptors (Lipinski definition) is 5. The molecule has 128 valence electrons. The van der Waals surface area contributed by atoms with Crippen LogP contribution in [0.4, 0.5) is 5.69 Å². The summed E-state index contributed by atoms with van der Waals surface area (Å²) in [6, 6.07) is 8.80. The number of ether oxygens (including phenoxy) is 1. The monoisotopic (exact) mass is 337 g/mol. The largest absolute Gasteiger partial charge is 0.439 e. The maximum atomic E-state index is 11.0. The van der Waals surface area contributed by atoms with Gasteiger partial charge in [0.25, 0.3) is 0 Å². The lowest BCUT2D eigenvalue weighted by Gasteiger charge is -2.08. The first-order valence-electron chi connectivity index (χ1n) is 7.85. The lowest BCUT2D eigenvalue weighted by molar-refractivity contribution is -0.114. The standard InChI is InChI=1S/C18H19N5O2/c1-11-12(2)22-23(13(11)3)17-9-18(20-10-19-17)25-16-7-5-15(6-8-16)21-14(4)24/h5-10H,1-4H3,(H,21,24). The van der Waals surface area contributed by atoms with Crippen LogP contribution in [-0.4, -0.2) is 25.7 Å². The van der Waals surface area contributed by atoms with Crippen molar-refractivity contribution in [1.29, 1.82) is 0 Å². The second-order valence-corrected chi connectivity index (χ2v) is 5.73. The predicted molar refractivity (Wildman–Crippen MR) is 94.2 cm³/mol. The summed E-state index contributed by atoms with van der Waals surface area (Å²) in [6.07, 6.45) is 1.45. The van der Waals surface area contributed by atoms with Crippen LogP contribution in [0.2, 0.25) is 0 Å². The van der Waals surface area contributed by atoms with Crippen molar-refractivity contribution < 1.29 is 9.53 Å². The van der Waals surface area contributed by atoms with Crippen LogP contribution in [0.3, 0.4) is 0 Å². The molecule has 0 aliphatic rings. The van der Waals surface area contributed by atoms with Crippen molar-refractivity contribution in [2.24, 2.45) is 0 Å². The third-order valence-corrected chi connectivity index (χ3v) is 3.89. The average Bonchev–Trinajstić information content (AvgIpc) is 2.84. The third kappa shape index (κ3) is 3.65. The van der Waals surface area contributed by atoms with Crippen LogP contribution in [-0.2, 0) is 4.79 Å². The molecular formula is C18H19N5O2. The fourth-order valence-electron chi connectivity index (χ4n) is 2.38. The summed E-state index contributed by atoms with van der Waals surface area (Å²) in [5.74, 6) is 1.56. The normalized spacial score (nSPS) is 10.6. The summed E-state index contributed by atoms with van der Waals surface area (Å²) >= 11 is 0. The van der Waals surface area contributed by atoms with E-state index in [-0.39, 0.29) is 5.91 Å². The highest BCUT2D eigenvalue weighted by molar-refractivity contribution is 5.88. The van der Waals surface area contributed by atoms with Crippen LogP contribution in [0.25, 0.3) is 5.82 Å². The molecule has 0 spiro atoms. The molecule has 3 aromatic rings. The van der Waals surface area contributed by atoms with Gasteiger partial charge in [0.1, 0.15) is 12.1 Å². The maximum absolute atomic E-state index is 11.0. The van der Waals surface area contributed by atoms with Crippen molar-refractivity contribution in [3.05, 3.63) is 53.6 Å². The van der Waals surface area contributed by atoms with E-state index in [1.165, 1.54) is 13.3 Å². The van der Waals surface area contributed by atoms with Crippen LogP contribution in [0.15, 0.2) is 36.7 Å². The number of hydrogen-bond donors (Lipinski definition) is 1. The number of nitrogens with one attached hydrogen (secondary N) is 1. The molecule has 1 aromatic carbocycles. The van der Waals surface area contributed by atoms with Gasteiger partial charge in [0.2, 0.25) is 11.8 Å². The number of carbonyl (C=O) groups is 1. The molecule has 2 aromatic heterocycles. The molecule has 0 unspecified atom stereocenters. The van der Waals surface area contributed by atoms with Gasteiger partial charge in [-0.05, 0) is 50.6 Å². The highest BCUT2D eigenvalue weighted by Crippen LogP contribution is 2.23. The van der Waals surface area contributed by atoms with Crippen LogP contribution >= 0.6 is 0 Å². The molecule has 1 N–H and O–H groups in total. The topological polar surface area (TPSA) is 81.9 Å². The zero-order valence-electron chi connectivity index (χ0n) is 14.6. The Morgan fingerprint density at radius 2 is 1.84 bits per heavy atom. The highest BCUT2D eigenvalue weighted by Gasteiger charge is 2.11. The van der Waals surface area contributed by atoms with Gasteiger partial charge in [-0.2, -0.15) is 5.10 Å². The summed E-state index contributed by atoms with van der Waals surface area (Å²) in [4.78, 5) is 19.5. The van der Waals surface area contributed by atoms with E-state index in [0.29, 0.717) is 23.1 Å². The smallest absolute Gasteiger partial charge is 0.224 e. The number of nitrogens with zero attached hydrogens (tertiary/aromatic N) is 4. The van der Waals surface area contributed by atoms with Gasteiger partial charge in [0.05, 0.1) is 5.69 Å². The van der Waals surface area contributed by atoms with Crippen molar-refractivity contribution in [3.8, 4) is 17.4 Å². The lowest BCUT2D eigenvalue weighted by atomic mass is 10.2. The van der Waals surface area contributed by atoms with Crippen molar-refractivity contribution in [1.82, 2.24) is 19.7 Å². The molecular weight excluding hydrogens is 318 g/mol. The van der Waals surface area contributed by atoms with E-state index in [0.717, 1.165) is 17.0 Å². The first-order valence-corrected chi connectivity index (χ1v) is 7.85. The Hall–Kier alpha value is -3.22. The second-order valence-electron chi connectivity index (χ2n) is 5.73. The highest BCUT2D eigenvalue weighted by atomic mass is 16.5.